The Morgan fingerprint density at radius 3 is 2.27 bits per heavy atom. The first kappa shape index (κ1) is 21.3. The van der Waals surface area contributed by atoms with Crippen LogP contribution >= 0.6 is 11.3 Å². The van der Waals surface area contributed by atoms with Gasteiger partial charge in [-0.1, -0.05) is 44.2 Å². The molecule has 1 aromatic heterocycles. The van der Waals surface area contributed by atoms with E-state index in [1.54, 1.807) is 17.5 Å². The molecule has 1 aromatic carbocycles. The lowest BCUT2D eigenvalue weighted by Crippen LogP contribution is -2.50. The van der Waals surface area contributed by atoms with Crippen molar-refractivity contribution in [1.29, 1.82) is 0 Å². The third kappa shape index (κ3) is 5.03. The summed E-state index contributed by atoms with van der Waals surface area (Å²) in [4.78, 5) is 21.8. The molecule has 2 aliphatic heterocycles. The van der Waals surface area contributed by atoms with Crippen LogP contribution in [-0.4, -0.2) is 59.0 Å². The van der Waals surface area contributed by atoms with Gasteiger partial charge in [0.25, 0.3) is 11.1 Å². The molecule has 2 fully saturated rings. The van der Waals surface area contributed by atoms with Crippen molar-refractivity contribution in [2.24, 2.45) is 0 Å². The zero-order chi connectivity index (χ0) is 21.1. The first-order chi connectivity index (χ1) is 14.4. The van der Waals surface area contributed by atoms with E-state index >= 15 is 0 Å². The fourth-order valence-electron chi connectivity index (χ4n) is 4.50. The third-order valence-electron chi connectivity index (χ3n) is 6.42. The van der Waals surface area contributed by atoms with Gasteiger partial charge in [0, 0.05) is 49.4 Å². The van der Waals surface area contributed by atoms with Crippen molar-refractivity contribution in [3.8, 4) is 5.19 Å². The first-order valence-corrected chi connectivity index (χ1v) is 12.0. The number of benzene rings is 1. The maximum absolute atomic E-state index is 12.9. The van der Waals surface area contributed by atoms with Crippen LogP contribution in [-0.2, 0) is 5.41 Å². The Labute approximate surface area is 184 Å². The number of hydrogen-bond donors (Lipinski definition) is 0. The summed E-state index contributed by atoms with van der Waals surface area (Å²) in [6.07, 6.45) is 6.30. The van der Waals surface area contributed by atoms with Crippen LogP contribution < -0.4 is 4.74 Å². The van der Waals surface area contributed by atoms with Crippen LogP contribution in [0.15, 0.2) is 35.8 Å². The van der Waals surface area contributed by atoms with Crippen LogP contribution in [0.1, 0.15) is 62.4 Å². The van der Waals surface area contributed by atoms with Gasteiger partial charge in [0.2, 0.25) is 0 Å². The maximum atomic E-state index is 12.9. The van der Waals surface area contributed by atoms with Crippen LogP contribution in [0.4, 0.5) is 0 Å². The van der Waals surface area contributed by atoms with Crippen molar-refractivity contribution in [1.82, 2.24) is 14.8 Å². The van der Waals surface area contributed by atoms with E-state index in [0.717, 1.165) is 62.6 Å². The fraction of sp³-hybridized carbons (Fsp3) is 0.583. The van der Waals surface area contributed by atoms with E-state index < -0.39 is 0 Å². The molecular formula is C24H33N3O2S. The van der Waals surface area contributed by atoms with Gasteiger partial charge in [-0.3, -0.25) is 9.69 Å². The summed E-state index contributed by atoms with van der Waals surface area (Å²) < 4.78 is 5.99. The number of carbonyl (C=O) groups is 1. The molecule has 5 nitrogen and oxygen atoms in total. The van der Waals surface area contributed by atoms with Gasteiger partial charge >= 0.3 is 0 Å². The molecule has 1 amide bonds. The summed E-state index contributed by atoms with van der Waals surface area (Å²) in [7, 11) is 0. The lowest BCUT2D eigenvalue weighted by molar-refractivity contribution is 0.0425. The van der Waals surface area contributed by atoms with Gasteiger partial charge < -0.3 is 9.64 Å². The zero-order valence-corrected chi connectivity index (χ0v) is 19.2. The fourth-order valence-corrected chi connectivity index (χ4v) is 5.05. The van der Waals surface area contributed by atoms with Crippen LogP contribution in [0.2, 0.25) is 0 Å². The topological polar surface area (TPSA) is 45.7 Å². The molecule has 2 aliphatic rings. The van der Waals surface area contributed by atoms with E-state index in [4.69, 9.17) is 4.74 Å². The number of carbonyl (C=O) groups excluding carboxylic acids is 1. The molecule has 4 rings (SSSR count). The van der Waals surface area contributed by atoms with Gasteiger partial charge in [-0.25, -0.2) is 4.98 Å². The lowest BCUT2D eigenvalue weighted by atomic mass is 9.86. The monoisotopic (exact) mass is 427 g/mol. The minimum atomic E-state index is 0.110. The number of rotatable bonds is 4. The van der Waals surface area contributed by atoms with Crippen LogP contribution in [0.25, 0.3) is 0 Å². The molecule has 6 heteroatoms. The number of thiazole rings is 1. The highest BCUT2D eigenvalue weighted by Gasteiger charge is 2.30. The van der Waals surface area contributed by atoms with Crippen LogP contribution in [0, 0.1) is 0 Å². The SMILES string of the molecule is CC(C)(C)c1ccc(C(=O)N2CCC(N3CCC(Oc4nccs4)CC3)CC2)cc1. The van der Waals surface area contributed by atoms with E-state index in [-0.39, 0.29) is 17.4 Å². The van der Waals surface area contributed by atoms with Gasteiger partial charge in [0.05, 0.1) is 0 Å². The van der Waals surface area contributed by atoms with Crippen molar-refractivity contribution < 1.29 is 9.53 Å². The molecule has 0 unspecified atom stereocenters. The van der Waals surface area contributed by atoms with Crippen LogP contribution in [0.3, 0.4) is 0 Å². The number of piperidine rings is 2. The summed E-state index contributed by atoms with van der Waals surface area (Å²) in [5.74, 6) is 0.171. The average Bonchev–Trinajstić information content (AvgIpc) is 3.26. The lowest BCUT2D eigenvalue weighted by Gasteiger charge is -2.41. The van der Waals surface area contributed by atoms with E-state index in [1.165, 1.54) is 5.56 Å². The zero-order valence-electron chi connectivity index (χ0n) is 18.3. The summed E-state index contributed by atoms with van der Waals surface area (Å²) in [6.45, 7) is 10.4. The molecule has 0 spiro atoms. The molecule has 0 radical (unpaired) electrons. The van der Waals surface area contributed by atoms with Gasteiger partial charge in [0.15, 0.2) is 0 Å². The Morgan fingerprint density at radius 1 is 1.03 bits per heavy atom. The molecule has 3 heterocycles. The smallest absolute Gasteiger partial charge is 0.273 e. The van der Waals surface area contributed by atoms with Crippen LogP contribution in [0.5, 0.6) is 5.19 Å². The van der Waals surface area contributed by atoms with Gasteiger partial charge in [-0.05, 0) is 48.8 Å². The second-order valence-electron chi connectivity index (χ2n) is 9.50. The standard InChI is InChI=1S/C24H33N3O2S/c1-24(2,3)19-6-4-18(5-7-19)22(28)27-13-8-20(9-14-27)26-15-10-21(11-16-26)29-23-25-12-17-30-23/h4-7,12,17,20-21H,8-11,13-16H2,1-3H3. The summed E-state index contributed by atoms with van der Waals surface area (Å²) in [5, 5.41) is 2.74. The molecule has 0 aliphatic carbocycles. The average molecular weight is 428 g/mol. The Morgan fingerprint density at radius 2 is 1.70 bits per heavy atom. The number of hydrogen-bond acceptors (Lipinski definition) is 5. The van der Waals surface area contributed by atoms with E-state index in [9.17, 15) is 4.79 Å². The highest BCUT2D eigenvalue weighted by Crippen LogP contribution is 2.26. The molecule has 2 aromatic rings. The molecule has 0 N–H and O–H groups in total. The quantitative estimate of drug-likeness (QED) is 0.716. The number of aromatic nitrogens is 1. The molecule has 0 saturated carbocycles. The number of amides is 1. The summed E-state index contributed by atoms with van der Waals surface area (Å²) >= 11 is 1.56. The van der Waals surface area contributed by atoms with Crippen molar-refractivity contribution in [2.45, 2.75) is 64.0 Å². The molecule has 0 bridgehead atoms. The van der Waals surface area contributed by atoms with Gasteiger partial charge in [-0.15, -0.1) is 0 Å². The Hall–Kier alpha value is -1.92. The normalized spacial score (nSPS) is 19.8. The minimum absolute atomic E-state index is 0.110. The van der Waals surface area contributed by atoms with Crippen molar-refractivity contribution in [3.63, 3.8) is 0 Å². The number of nitrogens with zero attached hydrogens (tertiary/aromatic N) is 3. The van der Waals surface area contributed by atoms with Crippen molar-refractivity contribution in [3.05, 3.63) is 47.0 Å². The second kappa shape index (κ2) is 9.06. The predicted octanol–water partition coefficient (Wildman–Crippen LogP) is 4.59. The largest absolute Gasteiger partial charge is 0.467 e. The van der Waals surface area contributed by atoms with Crippen molar-refractivity contribution >= 4 is 17.2 Å². The predicted molar refractivity (Wildman–Crippen MR) is 121 cm³/mol. The van der Waals surface area contributed by atoms with Gasteiger partial charge in [-0.2, -0.15) is 0 Å². The molecule has 30 heavy (non-hydrogen) atoms. The van der Waals surface area contributed by atoms with Gasteiger partial charge in [0.1, 0.15) is 6.10 Å². The van der Waals surface area contributed by atoms with E-state index in [0.29, 0.717) is 6.04 Å². The number of likely N-dealkylation sites (tertiary alicyclic amines) is 2. The van der Waals surface area contributed by atoms with E-state index in [2.05, 4.69) is 42.8 Å². The Bertz CT molecular complexity index is 813. The third-order valence-corrected chi connectivity index (χ3v) is 7.08. The maximum Gasteiger partial charge on any atom is 0.273 e. The number of ether oxygens (including phenoxy) is 1. The van der Waals surface area contributed by atoms with E-state index in [1.807, 2.05) is 22.4 Å². The molecular weight excluding hydrogens is 394 g/mol. The first-order valence-electron chi connectivity index (χ1n) is 11.1. The highest BCUT2D eigenvalue weighted by atomic mass is 32.1. The summed E-state index contributed by atoms with van der Waals surface area (Å²) in [5.41, 5.74) is 2.18. The Balaban J connectivity index is 1.24. The minimum Gasteiger partial charge on any atom is -0.467 e. The summed E-state index contributed by atoms with van der Waals surface area (Å²) in [6, 6.07) is 8.75. The highest BCUT2D eigenvalue weighted by molar-refractivity contribution is 7.11. The Kier molecular flexibility index (Phi) is 6.44. The second-order valence-corrected chi connectivity index (χ2v) is 10.4. The molecule has 2 saturated heterocycles. The van der Waals surface area contributed by atoms with Crippen molar-refractivity contribution in [2.75, 3.05) is 26.2 Å². The molecule has 162 valence electrons. The molecule has 0 atom stereocenters.